The second kappa shape index (κ2) is 5.13. The lowest BCUT2D eigenvalue weighted by atomic mass is 9.77. The number of hydrogen-bond acceptors (Lipinski definition) is 1. The SMILES string of the molecule is CC1CCC(O)C(Cc2ccc(F)cc2F)C1. The standard InChI is InChI=1S/C14H18F2O/c1-9-2-5-14(17)11(6-9)7-10-3-4-12(15)8-13(10)16/h3-4,8-9,11,14,17H,2,5-7H2,1H3. The van der Waals surface area contributed by atoms with Crippen molar-refractivity contribution in [1.82, 2.24) is 0 Å². The predicted octanol–water partition coefficient (Wildman–Crippen LogP) is 3.30. The molecule has 0 spiro atoms. The molecule has 3 unspecified atom stereocenters. The lowest BCUT2D eigenvalue weighted by Gasteiger charge is -2.31. The largest absolute Gasteiger partial charge is 0.393 e. The summed E-state index contributed by atoms with van der Waals surface area (Å²) in [5.41, 5.74) is 0.504. The first kappa shape index (κ1) is 12.5. The molecule has 1 fully saturated rings. The fraction of sp³-hybridized carbons (Fsp3) is 0.571. The molecule has 1 aromatic rings. The Bertz CT molecular complexity index is 392. The van der Waals surface area contributed by atoms with E-state index in [-0.39, 0.29) is 12.0 Å². The molecule has 1 saturated carbocycles. The van der Waals surface area contributed by atoms with Crippen LogP contribution >= 0.6 is 0 Å². The van der Waals surface area contributed by atoms with Gasteiger partial charge in [0.25, 0.3) is 0 Å². The third-order valence-electron chi connectivity index (χ3n) is 3.70. The quantitative estimate of drug-likeness (QED) is 0.841. The molecular weight excluding hydrogens is 222 g/mol. The number of aliphatic hydroxyl groups excluding tert-OH is 1. The van der Waals surface area contributed by atoms with Crippen LogP contribution in [0.5, 0.6) is 0 Å². The van der Waals surface area contributed by atoms with Crippen LogP contribution < -0.4 is 0 Å². The number of aliphatic hydroxyl groups is 1. The molecule has 3 heteroatoms. The van der Waals surface area contributed by atoms with Crippen molar-refractivity contribution in [3.63, 3.8) is 0 Å². The predicted molar refractivity (Wildman–Crippen MR) is 62.6 cm³/mol. The third kappa shape index (κ3) is 3.03. The van der Waals surface area contributed by atoms with E-state index in [9.17, 15) is 13.9 Å². The van der Waals surface area contributed by atoms with Gasteiger partial charge in [-0.1, -0.05) is 13.0 Å². The van der Waals surface area contributed by atoms with E-state index in [4.69, 9.17) is 0 Å². The zero-order chi connectivity index (χ0) is 12.4. The van der Waals surface area contributed by atoms with Crippen LogP contribution in [0.2, 0.25) is 0 Å². The second-order valence-electron chi connectivity index (χ2n) is 5.19. The first-order chi connectivity index (χ1) is 8.06. The van der Waals surface area contributed by atoms with Crippen molar-refractivity contribution < 1.29 is 13.9 Å². The molecule has 1 aromatic carbocycles. The first-order valence-corrected chi connectivity index (χ1v) is 6.18. The summed E-state index contributed by atoms with van der Waals surface area (Å²) in [4.78, 5) is 0. The Morgan fingerprint density at radius 3 is 2.76 bits per heavy atom. The van der Waals surface area contributed by atoms with Gasteiger partial charge in [0, 0.05) is 6.07 Å². The van der Waals surface area contributed by atoms with E-state index in [0.717, 1.165) is 25.3 Å². The average Bonchev–Trinajstić information content (AvgIpc) is 2.27. The first-order valence-electron chi connectivity index (χ1n) is 6.18. The minimum atomic E-state index is -0.552. The summed E-state index contributed by atoms with van der Waals surface area (Å²) in [7, 11) is 0. The molecule has 0 heterocycles. The minimum absolute atomic E-state index is 0.0960. The van der Waals surface area contributed by atoms with Crippen molar-refractivity contribution in [1.29, 1.82) is 0 Å². The Morgan fingerprint density at radius 1 is 1.29 bits per heavy atom. The van der Waals surface area contributed by atoms with Crippen molar-refractivity contribution in [3.8, 4) is 0 Å². The Hall–Kier alpha value is -0.960. The van der Waals surface area contributed by atoms with Gasteiger partial charge in [-0.2, -0.15) is 0 Å². The molecular formula is C14H18F2O. The molecule has 1 nitrogen and oxygen atoms in total. The van der Waals surface area contributed by atoms with Gasteiger partial charge in [-0.25, -0.2) is 8.78 Å². The molecule has 0 bridgehead atoms. The van der Waals surface area contributed by atoms with Crippen LogP contribution in [0.15, 0.2) is 18.2 Å². The van der Waals surface area contributed by atoms with Crippen molar-refractivity contribution >= 4 is 0 Å². The van der Waals surface area contributed by atoms with Crippen LogP contribution in [0.1, 0.15) is 31.7 Å². The summed E-state index contributed by atoms with van der Waals surface area (Å²) in [5, 5.41) is 9.90. The smallest absolute Gasteiger partial charge is 0.129 e. The van der Waals surface area contributed by atoms with Crippen molar-refractivity contribution in [2.75, 3.05) is 0 Å². The molecule has 2 rings (SSSR count). The van der Waals surface area contributed by atoms with E-state index in [1.54, 1.807) is 0 Å². The monoisotopic (exact) mass is 240 g/mol. The zero-order valence-electron chi connectivity index (χ0n) is 10.00. The van der Waals surface area contributed by atoms with Gasteiger partial charge in [-0.15, -0.1) is 0 Å². The highest BCUT2D eigenvalue weighted by Crippen LogP contribution is 2.31. The van der Waals surface area contributed by atoms with Crippen LogP contribution in [-0.4, -0.2) is 11.2 Å². The topological polar surface area (TPSA) is 20.2 Å². The summed E-state index contributed by atoms with van der Waals surface area (Å²) in [6.45, 7) is 2.15. The van der Waals surface area contributed by atoms with E-state index in [2.05, 4.69) is 6.92 Å². The normalized spacial score (nSPS) is 29.3. The Morgan fingerprint density at radius 2 is 2.06 bits per heavy atom. The summed E-state index contributed by atoms with van der Waals surface area (Å²) in [5.74, 6) is -0.384. The summed E-state index contributed by atoms with van der Waals surface area (Å²) >= 11 is 0. The van der Waals surface area contributed by atoms with Gasteiger partial charge in [-0.05, 0) is 49.1 Å². The van der Waals surface area contributed by atoms with Gasteiger partial charge in [0.1, 0.15) is 11.6 Å². The van der Waals surface area contributed by atoms with E-state index in [0.29, 0.717) is 17.9 Å². The molecule has 1 N–H and O–H groups in total. The fourth-order valence-electron chi connectivity index (χ4n) is 2.67. The average molecular weight is 240 g/mol. The van der Waals surface area contributed by atoms with Gasteiger partial charge in [0.15, 0.2) is 0 Å². The molecule has 1 aliphatic rings. The van der Waals surface area contributed by atoms with Crippen LogP contribution in [-0.2, 0) is 6.42 Å². The van der Waals surface area contributed by atoms with Gasteiger partial charge < -0.3 is 5.11 Å². The lowest BCUT2D eigenvalue weighted by molar-refractivity contribution is 0.0515. The fourth-order valence-corrected chi connectivity index (χ4v) is 2.67. The molecule has 1 aliphatic carbocycles. The van der Waals surface area contributed by atoms with Gasteiger partial charge >= 0.3 is 0 Å². The molecule has 17 heavy (non-hydrogen) atoms. The van der Waals surface area contributed by atoms with Crippen molar-refractivity contribution in [3.05, 3.63) is 35.4 Å². The van der Waals surface area contributed by atoms with Crippen LogP contribution in [0.25, 0.3) is 0 Å². The summed E-state index contributed by atoms with van der Waals surface area (Å²) in [6, 6.07) is 3.67. The maximum atomic E-state index is 13.5. The Kier molecular flexibility index (Phi) is 3.77. The highest BCUT2D eigenvalue weighted by atomic mass is 19.1. The number of rotatable bonds is 2. The highest BCUT2D eigenvalue weighted by Gasteiger charge is 2.27. The Labute approximate surface area is 100 Å². The maximum Gasteiger partial charge on any atom is 0.129 e. The maximum absolute atomic E-state index is 13.5. The van der Waals surface area contributed by atoms with E-state index in [1.807, 2.05) is 0 Å². The van der Waals surface area contributed by atoms with Gasteiger partial charge in [-0.3, -0.25) is 0 Å². The van der Waals surface area contributed by atoms with E-state index in [1.165, 1.54) is 12.1 Å². The zero-order valence-corrected chi connectivity index (χ0v) is 10.00. The number of benzene rings is 1. The van der Waals surface area contributed by atoms with Crippen molar-refractivity contribution in [2.24, 2.45) is 11.8 Å². The third-order valence-corrected chi connectivity index (χ3v) is 3.70. The molecule has 94 valence electrons. The van der Waals surface area contributed by atoms with Crippen LogP contribution in [0, 0.1) is 23.5 Å². The van der Waals surface area contributed by atoms with E-state index >= 15 is 0 Å². The van der Waals surface area contributed by atoms with Gasteiger partial charge in [0.05, 0.1) is 6.10 Å². The van der Waals surface area contributed by atoms with Gasteiger partial charge in [0.2, 0.25) is 0 Å². The summed E-state index contributed by atoms with van der Waals surface area (Å²) in [6.07, 6.45) is 2.88. The van der Waals surface area contributed by atoms with Crippen molar-refractivity contribution in [2.45, 2.75) is 38.7 Å². The van der Waals surface area contributed by atoms with Crippen LogP contribution in [0.3, 0.4) is 0 Å². The molecule has 0 radical (unpaired) electrons. The highest BCUT2D eigenvalue weighted by molar-refractivity contribution is 5.19. The molecule has 0 aromatic heterocycles. The number of halogens is 2. The molecule has 3 atom stereocenters. The number of hydrogen-bond donors (Lipinski definition) is 1. The van der Waals surface area contributed by atoms with Crippen LogP contribution in [0.4, 0.5) is 8.78 Å². The minimum Gasteiger partial charge on any atom is -0.393 e. The summed E-state index contributed by atoms with van der Waals surface area (Å²) < 4.78 is 26.3. The second-order valence-corrected chi connectivity index (χ2v) is 5.19. The Balaban J connectivity index is 2.08. The molecule has 0 amide bonds. The van der Waals surface area contributed by atoms with E-state index < -0.39 is 11.6 Å². The molecule has 0 aliphatic heterocycles. The lowest BCUT2D eigenvalue weighted by Crippen LogP contribution is -2.29. The molecule has 0 saturated heterocycles.